The summed E-state index contributed by atoms with van der Waals surface area (Å²) in [5.74, 6) is -0.670. The molecule has 17 heavy (non-hydrogen) atoms. The molecule has 0 aliphatic heterocycles. The van der Waals surface area contributed by atoms with Gasteiger partial charge in [-0.15, -0.1) is 0 Å². The number of ether oxygens (including phenoxy) is 2. The van der Waals surface area contributed by atoms with Gasteiger partial charge in [-0.25, -0.2) is 8.42 Å². The van der Waals surface area contributed by atoms with Crippen LogP contribution in [0.2, 0.25) is 0 Å². The van der Waals surface area contributed by atoms with Gasteiger partial charge in [-0.1, -0.05) is 13.3 Å². The van der Waals surface area contributed by atoms with E-state index in [9.17, 15) is 13.2 Å². The zero-order valence-electron chi connectivity index (χ0n) is 10.8. The molecule has 0 aromatic rings. The molecule has 0 heterocycles. The number of hydrogen-bond donors (Lipinski definition) is 0. The summed E-state index contributed by atoms with van der Waals surface area (Å²) in [5.41, 5.74) is 0. The van der Waals surface area contributed by atoms with E-state index < -0.39 is 21.1 Å². The quantitative estimate of drug-likeness (QED) is 0.463. The van der Waals surface area contributed by atoms with Crippen molar-refractivity contribution in [1.29, 1.82) is 0 Å². The standard InChI is InChI=1S/C11H22O5S/c1-4-7-10(11(12)16-5-2)17(13,14)9-6-8-15-3/h10H,4-9H2,1-3H3. The highest BCUT2D eigenvalue weighted by molar-refractivity contribution is 7.92. The maximum Gasteiger partial charge on any atom is 0.324 e. The molecule has 0 aliphatic rings. The van der Waals surface area contributed by atoms with Gasteiger partial charge in [-0.05, 0) is 19.8 Å². The van der Waals surface area contributed by atoms with Gasteiger partial charge < -0.3 is 9.47 Å². The van der Waals surface area contributed by atoms with Crippen LogP contribution in [0.15, 0.2) is 0 Å². The molecule has 0 aromatic heterocycles. The van der Waals surface area contributed by atoms with E-state index >= 15 is 0 Å². The second-order valence-corrected chi connectivity index (χ2v) is 6.05. The number of rotatable bonds is 9. The van der Waals surface area contributed by atoms with E-state index in [1.165, 1.54) is 7.11 Å². The van der Waals surface area contributed by atoms with Gasteiger partial charge in [0.15, 0.2) is 15.1 Å². The van der Waals surface area contributed by atoms with Crippen LogP contribution >= 0.6 is 0 Å². The van der Waals surface area contributed by atoms with Crippen LogP contribution < -0.4 is 0 Å². The fraction of sp³-hybridized carbons (Fsp3) is 0.909. The van der Waals surface area contributed by atoms with E-state index in [1.54, 1.807) is 6.92 Å². The lowest BCUT2D eigenvalue weighted by molar-refractivity contribution is -0.142. The highest BCUT2D eigenvalue weighted by Crippen LogP contribution is 2.13. The molecular weight excluding hydrogens is 244 g/mol. The summed E-state index contributed by atoms with van der Waals surface area (Å²) >= 11 is 0. The lowest BCUT2D eigenvalue weighted by Gasteiger charge is -2.15. The van der Waals surface area contributed by atoms with E-state index in [2.05, 4.69) is 0 Å². The van der Waals surface area contributed by atoms with Crippen molar-refractivity contribution in [3.05, 3.63) is 0 Å². The van der Waals surface area contributed by atoms with Gasteiger partial charge in [0.1, 0.15) is 0 Å². The Hall–Kier alpha value is -0.620. The van der Waals surface area contributed by atoms with Crippen LogP contribution in [0.4, 0.5) is 0 Å². The first kappa shape index (κ1) is 16.4. The second-order valence-electron chi connectivity index (χ2n) is 3.74. The maximum atomic E-state index is 12.0. The minimum atomic E-state index is -3.43. The van der Waals surface area contributed by atoms with Crippen molar-refractivity contribution in [2.45, 2.75) is 38.4 Å². The molecule has 0 saturated carbocycles. The Labute approximate surface area is 103 Å². The Morgan fingerprint density at radius 3 is 2.41 bits per heavy atom. The van der Waals surface area contributed by atoms with Gasteiger partial charge in [0.2, 0.25) is 0 Å². The van der Waals surface area contributed by atoms with Crippen molar-refractivity contribution >= 4 is 15.8 Å². The molecule has 102 valence electrons. The van der Waals surface area contributed by atoms with E-state index in [0.29, 0.717) is 25.9 Å². The van der Waals surface area contributed by atoms with Crippen molar-refractivity contribution in [2.75, 3.05) is 26.1 Å². The zero-order valence-corrected chi connectivity index (χ0v) is 11.6. The van der Waals surface area contributed by atoms with Crippen LogP contribution in [0.3, 0.4) is 0 Å². The molecule has 6 heteroatoms. The number of hydrogen-bond acceptors (Lipinski definition) is 5. The molecule has 0 bridgehead atoms. The van der Waals surface area contributed by atoms with Gasteiger partial charge in [-0.2, -0.15) is 0 Å². The number of esters is 1. The molecule has 5 nitrogen and oxygen atoms in total. The summed E-state index contributed by atoms with van der Waals surface area (Å²) in [7, 11) is -1.92. The summed E-state index contributed by atoms with van der Waals surface area (Å²) in [6.45, 7) is 4.09. The molecule has 0 saturated heterocycles. The van der Waals surface area contributed by atoms with Crippen molar-refractivity contribution in [3.8, 4) is 0 Å². The number of carbonyl (C=O) groups is 1. The molecule has 0 spiro atoms. The summed E-state index contributed by atoms with van der Waals surface area (Å²) in [4.78, 5) is 11.6. The van der Waals surface area contributed by atoms with Gasteiger partial charge in [0, 0.05) is 13.7 Å². The van der Waals surface area contributed by atoms with E-state index in [4.69, 9.17) is 9.47 Å². The van der Waals surface area contributed by atoms with E-state index in [-0.39, 0.29) is 12.4 Å². The molecule has 0 aromatic carbocycles. The fourth-order valence-electron chi connectivity index (χ4n) is 1.49. The number of carbonyl (C=O) groups excluding carboxylic acids is 1. The monoisotopic (exact) mass is 266 g/mol. The third-order valence-corrected chi connectivity index (χ3v) is 4.46. The molecule has 1 atom stereocenters. The van der Waals surface area contributed by atoms with Gasteiger partial charge in [-0.3, -0.25) is 4.79 Å². The van der Waals surface area contributed by atoms with Gasteiger partial charge in [0.25, 0.3) is 0 Å². The minimum absolute atomic E-state index is 0.0374. The topological polar surface area (TPSA) is 69.7 Å². The van der Waals surface area contributed by atoms with Crippen LogP contribution in [0.1, 0.15) is 33.1 Å². The number of sulfone groups is 1. The van der Waals surface area contributed by atoms with Gasteiger partial charge in [0.05, 0.1) is 12.4 Å². The predicted octanol–water partition coefficient (Wildman–Crippen LogP) is 1.17. The molecule has 0 amide bonds. The van der Waals surface area contributed by atoms with Crippen molar-refractivity contribution in [2.24, 2.45) is 0 Å². The average Bonchev–Trinajstić information content (AvgIpc) is 2.26. The van der Waals surface area contributed by atoms with Crippen LogP contribution in [-0.4, -0.2) is 45.7 Å². The molecule has 0 fully saturated rings. The van der Waals surface area contributed by atoms with Crippen LogP contribution in [0.5, 0.6) is 0 Å². The first-order valence-corrected chi connectivity index (χ1v) is 7.58. The summed E-state index contributed by atoms with van der Waals surface area (Å²) in [6.07, 6.45) is 1.35. The fourth-order valence-corrected chi connectivity index (χ4v) is 3.25. The average molecular weight is 266 g/mol. The molecular formula is C11H22O5S. The second kappa shape index (κ2) is 8.47. The third-order valence-electron chi connectivity index (χ3n) is 2.31. The Kier molecular flexibility index (Phi) is 8.16. The Morgan fingerprint density at radius 1 is 1.29 bits per heavy atom. The molecule has 1 unspecified atom stereocenters. The predicted molar refractivity (Wildman–Crippen MR) is 65.6 cm³/mol. The Balaban J connectivity index is 4.60. The Morgan fingerprint density at radius 2 is 1.94 bits per heavy atom. The minimum Gasteiger partial charge on any atom is -0.465 e. The summed E-state index contributed by atoms with van der Waals surface area (Å²) < 4.78 is 33.5. The first-order valence-electron chi connectivity index (χ1n) is 5.86. The van der Waals surface area contributed by atoms with Gasteiger partial charge >= 0.3 is 5.97 Å². The zero-order chi connectivity index (χ0) is 13.3. The first-order chi connectivity index (χ1) is 7.99. The Bertz CT molecular complexity index is 310. The SMILES string of the molecule is CCCC(C(=O)OCC)S(=O)(=O)CCCOC. The van der Waals surface area contributed by atoms with Crippen LogP contribution in [0.25, 0.3) is 0 Å². The molecule has 0 rings (SSSR count). The van der Waals surface area contributed by atoms with Crippen molar-refractivity contribution in [1.82, 2.24) is 0 Å². The van der Waals surface area contributed by atoms with Crippen LogP contribution in [0, 0.1) is 0 Å². The van der Waals surface area contributed by atoms with E-state index in [0.717, 1.165) is 0 Å². The lowest BCUT2D eigenvalue weighted by Crippen LogP contribution is -2.34. The normalized spacial score (nSPS) is 13.4. The maximum absolute atomic E-state index is 12.0. The highest BCUT2D eigenvalue weighted by Gasteiger charge is 2.32. The summed E-state index contributed by atoms with van der Waals surface area (Å²) in [6, 6.07) is 0. The van der Waals surface area contributed by atoms with Crippen molar-refractivity contribution in [3.63, 3.8) is 0 Å². The van der Waals surface area contributed by atoms with Crippen molar-refractivity contribution < 1.29 is 22.7 Å². The number of methoxy groups -OCH3 is 1. The molecule has 0 radical (unpaired) electrons. The molecule has 0 aliphatic carbocycles. The highest BCUT2D eigenvalue weighted by atomic mass is 32.2. The summed E-state index contributed by atoms with van der Waals surface area (Å²) in [5, 5.41) is -1.02. The van der Waals surface area contributed by atoms with Crippen LogP contribution in [-0.2, 0) is 24.1 Å². The van der Waals surface area contributed by atoms with E-state index in [1.807, 2.05) is 6.92 Å². The largest absolute Gasteiger partial charge is 0.465 e. The smallest absolute Gasteiger partial charge is 0.324 e. The lowest BCUT2D eigenvalue weighted by atomic mass is 10.2. The molecule has 0 N–H and O–H groups in total. The third kappa shape index (κ3) is 6.02.